The van der Waals surface area contributed by atoms with Gasteiger partial charge in [0.2, 0.25) is 0 Å². The number of methoxy groups -OCH3 is 2. The van der Waals surface area contributed by atoms with Crippen LogP contribution >= 0.6 is 0 Å². The summed E-state index contributed by atoms with van der Waals surface area (Å²) in [5.74, 6) is -0.223. The first-order chi connectivity index (χ1) is 10.2. The van der Waals surface area contributed by atoms with Gasteiger partial charge in [0.05, 0.1) is 25.7 Å². The third kappa shape index (κ3) is 3.84. The average Bonchev–Trinajstić information content (AvgIpc) is 3.04. The normalized spacial score (nSPS) is 16.5. The lowest BCUT2D eigenvalue weighted by Gasteiger charge is -2.19. The molecule has 1 aliphatic carbocycles. The standard InChI is InChI=1S/C17H22O4/c1-20-16(18)14-9-7-13(8-10-14)15(17(19)21-2)11-12-5-3-4-6-12/h7-10,12,15H,3-6,11H2,1-2H3/t15-/m0/s1. The molecule has 114 valence electrons. The summed E-state index contributed by atoms with van der Waals surface area (Å²) >= 11 is 0. The lowest BCUT2D eigenvalue weighted by atomic mass is 9.87. The van der Waals surface area contributed by atoms with Crippen LogP contribution in [0, 0.1) is 5.92 Å². The van der Waals surface area contributed by atoms with E-state index in [4.69, 9.17) is 4.74 Å². The van der Waals surface area contributed by atoms with Gasteiger partial charge < -0.3 is 9.47 Å². The van der Waals surface area contributed by atoms with E-state index >= 15 is 0 Å². The Morgan fingerprint density at radius 3 is 2.24 bits per heavy atom. The number of hydrogen-bond donors (Lipinski definition) is 0. The van der Waals surface area contributed by atoms with Crippen LogP contribution < -0.4 is 0 Å². The summed E-state index contributed by atoms with van der Waals surface area (Å²) in [7, 11) is 2.78. The zero-order valence-corrected chi connectivity index (χ0v) is 12.6. The first-order valence-corrected chi connectivity index (χ1v) is 7.41. The Hall–Kier alpha value is -1.84. The Bertz CT molecular complexity index is 486. The van der Waals surface area contributed by atoms with Crippen molar-refractivity contribution in [1.82, 2.24) is 0 Å². The van der Waals surface area contributed by atoms with Gasteiger partial charge in [-0.2, -0.15) is 0 Å². The van der Waals surface area contributed by atoms with E-state index in [-0.39, 0.29) is 17.9 Å². The van der Waals surface area contributed by atoms with Gasteiger partial charge in [-0.25, -0.2) is 4.79 Å². The minimum absolute atomic E-state index is 0.201. The monoisotopic (exact) mass is 290 g/mol. The quantitative estimate of drug-likeness (QED) is 0.781. The maximum atomic E-state index is 12.1. The molecule has 0 bridgehead atoms. The predicted octanol–water partition coefficient (Wildman–Crippen LogP) is 3.31. The van der Waals surface area contributed by atoms with Crippen LogP contribution in [0.4, 0.5) is 0 Å². The molecule has 2 rings (SSSR count). The van der Waals surface area contributed by atoms with E-state index < -0.39 is 0 Å². The van der Waals surface area contributed by atoms with Crippen molar-refractivity contribution in [2.75, 3.05) is 14.2 Å². The van der Waals surface area contributed by atoms with Gasteiger partial charge in [0.1, 0.15) is 0 Å². The maximum Gasteiger partial charge on any atom is 0.337 e. The van der Waals surface area contributed by atoms with E-state index in [1.807, 2.05) is 12.1 Å². The molecule has 0 spiro atoms. The van der Waals surface area contributed by atoms with Crippen molar-refractivity contribution in [2.45, 2.75) is 38.0 Å². The van der Waals surface area contributed by atoms with Crippen molar-refractivity contribution in [3.05, 3.63) is 35.4 Å². The van der Waals surface area contributed by atoms with Gasteiger partial charge >= 0.3 is 11.9 Å². The summed E-state index contributed by atoms with van der Waals surface area (Å²) in [5, 5.41) is 0. The van der Waals surface area contributed by atoms with E-state index in [9.17, 15) is 9.59 Å². The molecule has 0 N–H and O–H groups in total. The van der Waals surface area contributed by atoms with E-state index in [0.29, 0.717) is 11.5 Å². The summed E-state index contributed by atoms with van der Waals surface area (Å²) in [6.07, 6.45) is 5.70. The first-order valence-electron chi connectivity index (χ1n) is 7.41. The van der Waals surface area contributed by atoms with Crippen molar-refractivity contribution in [3.63, 3.8) is 0 Å². The Kier molecular flexibility index (Phi) is 5.37. The van der Waals surface area contributed by atoms with Crippen LogP contribution in [0.3, 0.4) is 0 Å². The van der Waals surface area contributed by atoms with Gasteiger partial charge in [-0.05, 0) is 30.0 Å². The highest BCUT2D eigenvalue weighted by molar-refractivity contribution is 5.89. The van der Waals surface area contributed by atoms with E-state index in [1.54, 1.807) is 12.1 Å². The van der Waals surface area contributed by atoms with E-state index in [2.05, 4.69) is 4.74 Å². The highest BCUT2D eigenvalue weighted by Gasteiger charge is 2.27. The molecule has 0 amide bonds. The largest absolute Gasteiger partial charge is 0.469 e. The fourth-order valence-electron chi connectivity index (χ4n) is 3.06. The summed E-state index contributed by atoms with van der Waals surface area (Å²) in [4.78, 5) is 23.5. The number of rotatable bonds is 5. The molecule has 1 aromatic carbocycles. The van der Waals surface area contributed by atoms with Crippen molar-refractivity contribution >= 4 is 11.9 Å². The van der Waals surface area contributed by atoms with Crippen LogP contribution in [0.2, 0.25) is 0 Å². The lowest BCUT2D eigenvalue weighted by molar-refractivity contribution is -0.142. The molecule has 1 atom stereocenters. The van der Waals surface area contributed by atoms with Gasteiger partial charge in [-0.3, -0.25) is 4.79 Å². The second-order valence-electron chi connectivity index (χ2n) is 5.58. The molecule has 0 aromatic heterocycles. The summed E-state index contributed by atoms with van der Waals surface area (Å²) < 4.78 is 9.63. The van der Waals surface area contributed by atoms with Gasteiger partial charge in [0.15, 0.2) is 0 Å². The van der Waals surface area contributed by atoms with Gasteiger partial charge in [0.25, 0.3) is 0 Å². The number of benzene rings is 1. The Labute approximate surface area is 125 Å². The molecular weight excluding hydrogens is 268 g/mol. The van der Waals surface area contributed by atoms with Gasteiger partial charge in [-0.15, -0.1) is 0 Å². The molecule has 1 fully saturated rings. The summed E-state index contributed by atoms with van der Waals surface area (Å²) in [6.45, 7) is 0. The molecule has 0 aliphatic heterocycles. The SMILES string of the molecule is COC(=O)c1ccc([C@H](CC2CCCC2)C(=O)OC)cc1. The van der Waals surface area contributed by atoms with Crippen LogP contribution in [0.25, 0.3) is 0 Å². The smallest absolute Gasteiger partial charge is 0.337 e. The second-order valence-corrected chi connectivity index (χ2v) is 5.58. The average molecular weight is 290 g/mol. The second kappa shape index (κ2) is 7.25. The molecule has 4 heteroatoms. The van der Waals surface area contributed by atoms with E-state index in [0.717, 1.165) is 12.0 Å². The first kappa shape index (κ1) is 15.5. The molecule has 0 saturated heterocycles. The molecule has 1 saturated carbocycles. The van der Waals surface area contributed by atoms with Crippen LogP contribution in [-0.2, 0) is 14.3 Å². The highest BCUT2D eigenvalue weighted by atomic mass is 16.5. The summed E-state index contributed by atoms with van der Waals surface area (Å²) in [5.41, 5.74) is 1.40. The topological polar surface area (TPSA) is 52.6 Å². The third-order valence-electron chi connectivity index (χ3n) is 4.26. The Morgan fingerprint density at radius 1 is 1.10 bits per heavy atom. The Balaban J connectivity index is 2.15. The molecule has 4 nitrogen and oxygen atoms in total. The molecule has 0 unspecified atom stereocenters. The van der Waals surface area contributed by atoms with Gasteiger partial charge in [0, 0.05) is 0 Å². The summed E-state index contributed by atoms with van der Waals surface area (Å²) in [6, 6.07) is 7.04. The van der Waals surface area contributed by atoms with Crippen molar-refractivity contribution in [3.8, 4) is 0 Å². The minimum atomic E-state index is -0.369. The van der Waals surface area contributed by atoms with Crippen molar-refractivity contribution in [1.29, 1.82) is 0 Å². The number of carbonyl (C=O) groups is 2. The van der Waals surface area contributed by atoms with Crippen molar-refractivity contribution in [2.24, 2.45) is 5.92 Å². The van der Waals surface area contributed by atoms with Crippen LogP contribution in [0.1, 0.15) is 53.9 Å². The maximum absolute atomic E-state index is 12.1. The minimum Gasteiger partial charge on any atom is -0.469 e. The lowest BCUT2D eigenvalue weighted by Crippen LogP contribution is -2.17. The number of hydrogen-bond acceptors (Lipinski definition) is 4. The number of ether oxygens (including phenoxy) is 2. The fourth-order valence-corrected chi connectivity index (χ4v) is 3.06. The third-order valence-corrected chi connectivity index (χ3v) is 4.26. The number of esters is 2. The van der Waals surface area contributed by atoms with Crippen LogP contribution in [0.5, 0.6) is 0 Å². The van der Waals surface area contributed by atoms with Crippen LogP contribution in [-0.4, -0.2) is 26.2 Å². The molecular formula is C17H22O4. The zero-order valence-electron chi connectivity index (χ0n) is 12.6. The molecule has 1 aromatic rings. The van der Waals surface area contributed by atoms with Crippen LogP contribution in [0.15, 0.2) is 24.3 Å². The molecule has 0 heterocycles. The predicted molar refractivity (Wildman–Crippen MR) is 79.1 cm³/mol. The zero-order chi connectivity index (χ0) is 15.2. The molecule has 0 radical (unpaired) electrons. The van der Waals surface area contributed by atoms with E-state index in [1.165, 1.54) is 39.9 Å². The molecule has 1 aliphatic rings. The fraction of sp³-hybridized carbons (Fsp3) is 0.529. The van der Waals surface area contributed by atoms with Crippen molar-refractivity contribution < 1.29 is 19.1 Å². The Morgan fingerprint density at radius 2 is 1.71 bits per heavy atom. The number of carbonyl (C=O) groups excluding carboxylic acids is 2. The highest BCUT2D eigenvalue weighted by Crippen LogP contribution is 2.34. The van der Waals surface area contributed by atoms with Gasteiger partial charge in [-0.1, -0.05) is 37.8 Å². The molecule has 21 heavy (non-hydrogen) atoms.